The van der Waals surface area contributed by atoms with Crippen LogP contribution in [0.15, 0.2) is 52.3 Å². The van der Waals surface area contributed by atoms with Gasteiger partial charge < -0.3 is 10.1 Å². The molecule has 0 aliphatic carbocycles. The highest BCUT2D eigenvalue weighted by Crippen LogP contribution is 2.25. The molecular formula is C20H24N2O4S2. The summed E-state index contributed by atoms with van der Waals surface area (Å²) in [5.41, 5.74) is 2.25. The Hall–Kier alpha value is -1.87. The van der Waals surface area contributed by atoms with Crippen LogP contribution in [0.3, 0.4) is 0 Å². The van der Waals surface area contributed by atoms with Gasteiger partial charge in [-0.3, -0.25) is 4.79 Å². The molecule has 0 radical (unpaired) electrons. The van der Waals surface area contributed by atoms with E-state index in [1.807, 2.05) is 31.2 Å². The zero-order valence-electron chi connectivity index (χ0n) is 16.0. The van der Waals surface area contributed by atoms with Gasteiger partial charge in [0.2, 0.25) is 15.9 Å². The molecule has 2 aromatic carbocycles. The maximum absolute atomic E-state index is 12.9. The number of nitrogens with one attached hydrogen (secondary N) is 1. The molecule has 2 aromatic rings. The van der Waals surface area contributed by atoms with Crippen molar-refractivity contribution in [2.75, 3.05) is 37.4 Å². The van der Waals surface area contributed by atoms with E-state index in [0.29, 0.717) is 37.6 Å². The number of nitrogens with zero attached hydrogens (tertiary/aromatic N) is 1. The molecule has 150 valence electrons. The third-order valence-electron chi connectivity index (χ3n) is 4.51. The molecule has 1 aliphatic heterocycles. The molecule has 1 fully saturated rings. The third-order valence-corrected chi connectivity index (χ3v) is 7.73. The Balaban J connectivity index is 1.70. The summed E-state index contributed by atoms with van der Waals surface area (Å²) in [6.07, 6.45) is 0. The number of sulfonamides is 1. The number of amides is 1. The number of ether oxygens (including phenoxy) is 1. The van der Waals surface area contributed by atoms with Gasteiger partial charge in [0, 0.05) is 23.7 Å². The fourth-order valence-corrected chi connectivity index (χ4v) is 5.43. The van der Waals surface area contributed by atoms with Crippen molar-refractivity contribution in [1.82, 2.24) is 4.31 Å². The van der Waals surface area contributed by atoms with Gasteiger partial charge in [-0.15, -0.1) is 11.8 Å². The molecule has 0 bridgehead atoms. The first-order chi connectivity index (χ1) is 13.4. The van der Waals surface area contributed by atoms with Crippen LogP contribution in [-0.4, -0.2) is 50.7 Å². The summed E-state index contributed by atoms with van der Waals surface area (Å²) in [6, 6.07) is 12.9. The van der Waals surface area contributed by atoms with E-state index in [1.54, 1.807) is 19.1 Å². The Morgan fingerprint density at radius 1 is 1.11 bits per heavy atom. The number of morpholine rings is 1. The van der Waals surface area contributed by atoms with Gasteiger partial charge in [-0.25, -0.2) is 8.42 Å². The van der Waals surface area contributed by atoms with E-state index in [1.165, 1.54) is 22.1 Å². The third kappa shape index (κ3) is 4.94. The van der Waals surface area contributed by atoms with Crippen LogP contribution in [-0.2, 0) is 19.6 Å². The van der Waals surface area contributed by atoms with Gasteiger partial charge in [0.25, 0.3) is 0 Å². The molecule has 8 heteroatoms. The lowest BCUT2D eigenvalue weighted by Crippen LogP contribution is -2.40. The second-order valence-corrected chi connectivity index (χ2v) is 9.52. The molecule has 6 nitrogen and oxygen atoms in total. The number of hydrogen-bond acceptors (Lipinski definition) is 5. The van der Waals surface area contributed by atoms with Crippen molar-refractivity contribution in [3.8, 4) is 0 Å². The van der Waals surface area contributed by atoms with Crippen molar-refractivity contribution in [2.45, 2.75) is 23.6 Å². The Morgan fingerprint density at radius 3 is 2.54 bits per heavy atom. The van der Waals surface area contributed by atoms with E-state index in [9.17, 15) is 13.2 Å². The number of hydrogen-bond donors (Lipinski definition) is 1. The first kappa shape index (κ1) is 20.9. The highest BCUT2D eigenvalue weighted by atomic mass is 32.2. The Kier molecular flexibility index (Phi) is 6.77. The van der Waals surface area contributed by atoms with E-state index in [4.69, 9.17) is 4.74 Å². The van der Waals surface area contributed by atoms with Gasteiger partial charge in [-0.05, 0) is 43.2 Å². The SMILES string of the molecule is Cc1ccccc1SCC(=O)Nc1ccc(C)c(S(=O)(=O)N2CCOCC2)c1. The van der Waals surface area contributed by atoms with Crippen LogP contribution in [0.1, 0.15) is 11.1 Å². The quantitative estimate of drug-likeness (QED) is 0.727. The van der Waals surface area contributed by atoms with Crippen molar-refractivity contribution in [3.63, 3.8) is 0 Å². The second kappa shape index (κ2) is 9.09. The molecule has 3 rings (SSSR count). The molecule has 1 N–H and O–H groups in total. The summed E-state index contributed by atoms with van der Waals surface area (Å²) in [5, 5.41) is 2.81. The lowest BCUT2D eigenvalue weighted by molar-refractivity contribution is -0.113. The summed E-state index contributed by atoms with van der Waals surface area (Å²) < 4.78 is 32.6. The van der Waals surface area contributed by atoms with Crippen LogP contribution in [0.4, 0.5) is 5.69 Å². The molecule has 0 spiro atoms. The minimum atomic E-state index is -3.62. The maximum atomic E-state index is 12.9. The predicted octanol–water partition coefficient (Wildman–Crippen LogP) is 3.06. The number of anilines is 1. The lowest BCUT2D eigenvalue weighted by Gasteiger charge is -2.26. The topological polar surface area (TPSA) is 75.7 Å². The van der Waals surface area contributed by atoms with Gasteiger partial charge >= 0.3 is 0 Å². The van der Waals surface area contributed by atoms with Crippen molar-refractivity contribution >= 4 is 33.4 Å². The number of benzene rings is 2. The molecule has 0 saturated carbocycles. The van der Waals surface area contributed by atoms with Crippen LogP contribution < -0.4 is 5.32 Å². The van der Waals surface area contributed by atoms with Crippen molar-refractivity contribution < 1.29 is 17.9 Å². The molecule has 1 amide bonds. The van der Waals surface area contributed by atoms with Crippen LogP contribution in [0.5, 0.6) is 0 Å². The largest absolute Gasteiger partial charge is 0.379 e. The molecule has 0 unspecified atom stereocenters. The van der Waals surface area contributed by atoms with Crippen LogP contribution in [0, 0.1) is 13.8 Å². The fraction of sp³-hybridized carbons (Fsp3) is 0.350. The molecule has 28 heavy (non-hydrogen) atoms. The highest BCUT2D eigenvalue weighted by Gasteiger charge is 2.28. The van der Waals surface area contributed by atoms with Gasteiger partial charge in [0.05, 0.1) is 23.9 Å². The average Bonchev–Trinajstić information content (AvgIpc) is 2.69. The van der Waals surface area contributed by atoms with Gasteiger partial charge in [0.1, 0.15) is 0 Å². The number of thioether (sulfide) groups is 1. The van der Waals surface area contributed by atoms with Crippen molar-refractivity contribution in [3.05, 3.63) is 53.6 Å². The molecule has 1 aliphatic rings. The minimum absolute atomic E-state index is 0.174. The van der Waals surface area contributed by atoms with Crippen molar-refractivity contribution in [2.24, 2.45) is 0 Å². The maximum Gasteiger partial charge on any atom is 0.243 e. The van der Waals surface area contributed by atoms with E-state index < -0.39 is 10.0 Å². The molecule has 1 heterocycles. The normalized spacial score (nSPS) is 15.4. The first-order valence-corrected chi connectivity index (χ1v) is 11.5. The zero-order valence-corrected chi connectivity index (χ0v) is 17.6. The van der Waals surface area contributed by atoms with Gasteiger partial charge in [0.15, 0.2) is 0 Å². The van der Waals surface area contributed by atoms with Crippen molar-refractivity contribution in [1.29, 1.82) is 0 Å². The number of carbonyl (C=O) groups is 1. The highest BCUT2D eigenvalue weighted by molar-refractivity contribution is 8.00. The number of carbonyl (C=O) groups excluding carboxylic acids is 1. The van der Waals surface area contributed by atoms with E-state index in [-0.39, 0.29) is 16.6 Å². The monoisotopic (exact) mass is 420 g/mol. The summed E-state index contributed by atoms with van der Waals surface area (Å²) in [5.74, 6) is 0.0800. The Morgan fingerprint density at radius 2 is 1.82 bits per heavy atom. The molecule has 1 saturated heterocycles. The zero-order chi connectivity index (χ0) is 20.1. The van der Waals surface area contributed by atoms with E-state index >= 15 is 0 Å². The summed E-state index contributed by atoms with van der Waals surface area (Å²) >= 11 is 1.46. The lowest BCUT2D eigenvalue weighted by atomic mass is 10.2. The van der Waals surface area contributed by atoms with Gasteiger partial charge in [-0.2, -0.15) is 4.31 Å². The summed E-state index contributed by atoms with van der Waals surface area (Å²) in [4.78, 5) is 13.6. The number of rotatable bonds is 6. The second-order valence-electron chi connectivity index (χ2n) is 6.60. The predicted molar refractivity (Wildman–Crippen MR) is 111 cm³/mol. The first-order valence-electron chi connectivity index (χ1n) is 9.05. The average molecular weight is 421 g/mol. The standard InChI is InChI=1S/C20H24N2O4S2/c1-15-5-3-4-6-18(15)27-14-20(23)21-17-8-7-16(2)19(13-17)28(24,25)22-9-11-26-12-10-22/h3-8,13H,9-12,14H2,1-2H3,(H,21,23). The molecular weight excluding hydrogens is 396 g/mol. The minimum Gasteiger partial charge on any atom is -0.379 e. The smallest absolute Gasteiger partial charge is 0.243 e. The Bertz CT molecular complexity index is 954. The Labute approximate surface area is 170 Å². The number of aryl methyl sites for hydroxylation is 2. The van der Waals surface area contributed by atoms with Crippen LogP contribution in [0.25, 0.3) is 0 Å². The molecule has 0 aromatic heterocycles. The summed E-state index contributed by atoms with van der Waals surface area (Å²) in [7, 11) is -3.62. The van der Waals surface area contributed by atoms with Crippen LogP contribution in [0.2, 0.25) is 0 Å². The van der Waals surface area contributed by atoms with E-state index in [0.717, 1.165) is 10.5 Å². The fourth-order valence-electron chi connectivity index (χ4n) is 2.94. The van der Waals surface area contributed by atoms with E-state index in [2.05, 4.69) is 5.32 Å². The van der Waals surface area contributed by atoms with Crippen LogP contribution >= 0.6 is 11.8 Å². The summed E-state index contributed by atoms with van der Waals surface area (Å²) in [6.45, 7) is 5.22. The molecule has 0 atom stereocenters. The van der Waals surface area contributed by atoms with Gasteiger partial charge in [-0.1, -0.05) is 24.3 Å².